The molecule has 0 aromatic heterocycles. The van der Waals surface area contributed by atoms with Gasteiger partial charge in [-0.2, -0.15) is 13.2 Å². The standard InChI is InChI=1S/C11H21F3N2/c1-9-4-3-6-16(10(9)2)7-5-15-8-11(12,13)14/h9-10,15H,3-8H2,1-2H3. The zero-order chi connectivity index (χ0) is 12.2. The van der Waals surface area contributed by atoms with Crippen LogP contribution in [0.15, 0.2) is 0 Å². The van der Waals surface area contributed by atoms with Crippen LogP contribution in [-0.2, 0) is 0 Å². The highest BCUT2D eigenvalue weighted by Crippen LogP contribution is 2.22. The van der Waals surface area contributed by atoms with Crippen molar-refractivity contribution in [3.63, 3.8) is 0 Å². The maximum atomic E-state index is 11.9. The molecule has 1 rings (SSSR count). The van der Waals surface area contributed by atoms with Gasteiger partial charge in [-0.05, 0) is 32.2 Å². The monoisotopic (exact) mass is 238 g/mol. The number of nitrogens with zero attached hydrogens (tertiary/aromatic N) is 1. The second kappa shape index (κ2) is 5.87. The lowest BCUT2D eigenvalue weighted by molar-refractivity contribution is -0.124. The average Bonchev–Trinajstić information content (AvgIpc) is 2.17. The molecule has 1 fully saturated rings. The predicted molar refractivity (Wildman–Crippen MR) is 58.4 cm³/mol. The van der Waals surface area contributed by atoms with Crippen LogP contribution in [0.2, 0.25) is 0 Å². The Hall–Kier alpha value is -0.290. The van der Waals surface area contributed by atoms with E-state index in [9.17, 15) is 13.2 Å². The van der Waals surface area contributed by atoms with E-state index in [1.54, 1.807) is 0 Å². The zero-order valence-corrected chi connectivity index (χ0v) is 9.98. The van der Waals surface area contributed by atoms with Crippen molar-refractivity contribution < 1.29 is 13.2 Å². The fourth-order valence-corrected chi connectivity index (χ4v) is 2.19. The molecule has 2 atom stereocenters. The molecule has 1 aliphatic heterocycles. The van der Waals surface area contributed by atoms with Crippen LogP contribution in [0.5, 0.6) is 0 Å². The quantitative estimate of drug-likeness (QED) is 0.756. The molecule has 2 unspecified atom stereocenters. The Morgan fingerprint density at radius 2 is 2.00 bits per heavy atom. The molecule has 0 spiro atoms. The summed E-state index contributed by atoms with van der Waals surface area (Å²) in [5.74, 6) is 0.649. The highest BCUT2D eigenvalue weighted by molar-refractivity contribution is 4.78. The molecule has 0 radical (unpaired) electrons. The summed E-state index contributed by atoms with van der Waals surface area (Å²) in [5.41, 5.74) is 0. The van der Waals surface area contributed by atoms with E-state index >= 15 is 0 Å². The van der Waals surface area contributed by atoms with Gasteiger partial charge in [0, 0.05) is 19.1 Å². The summed E-state index contributed by atoms with van der Waals surface area (Å²) in [6, 6.07) is 0.487. The summed E-state index contributed by atoms with van der Waals surface area (Å²) < 4.78 is 35.7. The topological polar surface area (TPSA) is 15.3 Å². The fourth-order valence-electron chi connectivity index (χ4n) is 2.19. The Balaban J connectivity index is 2.17. The van der Waals surface area contributed by atoms with Gasteiger partial charge in [0.25, 0.3) is 0 Å². The van der Waals surface area contributed by atoms with Crippen LogP contribution >= 0.6 is 0 Å². The van der Waals surface area contributed by atoms with Crippen LogP contribution in [-0.4, -0.2) is 43.3 Å². The summed E-state index contributed by atoms with van der Waals surface area (Å²) in [6.07, 6.45) is -1.71. The van der Waals surface area contributed by atoms with E-state index in [1.807, 2.05) is 0 Å². The van der Waals surface area contributed by atoms with Crippen LogP contribution in [0.25, 0.3) is 0 Å². The molecule has 0 aliphatic carbocycles. The minimum atomic E-state index is -4.10. The van der Waals surface area contributed by atoms with Gasteiger partial charge in [-0.25, -0.2) is 0 Å². The van der Waals surface area contributed by atoms with Crippen LogP contribution < -0.4 is 5.32 Å². The molecule has 0 amide bonds. The first-order chi connectivity index (χ1) is 7.40. The van der Waals surface area contributed by atoms with Gasteiger partial charge in [-0.1, -0.05) is 6.92 Å². The van der Waals surface area contributed by atoms with Gasteiger partial charge in [-0.15, -0.1) is 0 Å². The van der Waals surface area contributed by atoms with Crippen LogP contribution in [0.1, 0.15) is 26.7 Å². The molecular weight excluding hydrogens is 217 g/mol. The van der Waals surface area contributed by atoms with E-state index in [1.165, 1.54) is 6.42 Å². The summed E-state index contributed by atoms with van der Waals surface area (Å²) in [7, 11) is 0. The van der Waals surface area contributed by atoms with Gasteiger partial charge < -0.3 is 5.32 Å². The molecule has 96 valence electrons. The fraction of sp³-hybridized carbons (Fsp3) is 1.00. The van der Waals surface area contributed by atoms with Crippen LogP contribution in [0, 0.1) is 5.92 Å². The maximum Gasteiger partial charge on any atom is 0.401 e. The number of alkyl halides is 3. The van der Waals surface area contributed by atoms with E-state index < -0.39 is 12.7 Å². The van der Waals surface area contributed by atoms with Gasteiger partial charge in [-0.3, -0.25) is 4.90 Å². The smallest absolute Gasteiger partial charge is 0.307 e. The average molecular weight is 238 g/mol. The number of hydrogen-bond acceptors (Lipinski definition) is 2. The number of halogens is 3. The molecule has 1 saturated heterocycles. The summed E-state index contributed by atoms with van der Waals surface area (Å²) >= 11 is 0. The Labute approximate surface area is 95.2 Å². The molecule has 0 saturated carbocycles. The van der Waals surface area contributed by atoms with E-state index in [0.29, 0.717) is 25.0 Å². The van der Waals surface area contributed by atoms with Gasteiger partial charge in [0.1, 0.15) is 0 Å². The van der Waals surface area contributed by atoms with Crippen molar-refractivity contribution in [1.82, 2.24) is 10.2 Å². The van der Waals surface area contributed by atoms with Crippen molar-refractivity contribution in [3.05, 3.63) is 0 Å². The SMILES string of the molecule is CC1CCCN(CCNCC(F)(F)F)C1C. The van der Waals surface area contributed by atoms with Crippen molar-refractivity contribution >= 4 is 0 Å². The van der Waals surface area contributed by atoms with E-state index in [4.69, 9.17) is 0 Å². The van der Waals surface area contributed by atoms with Crippen molar-refractivity contribution in [3.8, 4) is 0 Å². The van der Waals surface area contributed by atoms with Crippen molar-refractivity contribution in [2.75, 3.05) is 26.2 Å². The Morgan fingerprint density at radius 3 is 2.62 bits per heavy atom. The first-order valence-corrected chi connectivity index (χ1v) is 5.91. The summed E-state index contributed by atoms with van der Waals surface area (Å²) in [4.78, 5) is 2.28. The van der Waals surface area contributed by atoms with Gasteiger partial charge >= 0.3 is 6.18 Å². The number of piperidine rings is 1. The maximum absolute atomic E-state index is 11.9. The van der Waals surface area contributed by atoms with E-state index in [2.05, 4.69) is 24.1 Å². The van der Waals surface area contributed by atoms with Crippen LogP contribution in [0.3, 0.4) is 0 Å². The van der Waals surface area contributed by atoms with Crippen molar-refractivity contribution in [2.45, 2.75) is 38.9 Å². The van der Waals surface area contributed by atoms with Gasteiger partial charge in [0.2, 0.25) is 0 Å². The number of hydrogen-bond donors (Lipinski definition) is 1. The molecule has 1 heterocycles. The first-order valence-electron chi connectivity index (χ1n) is 5.91. The third-order valence-electron chi connectivity index (χ3n) is 3.41. The molecular formula is C11H21F3N2. The lowest BCUT2D eigenvalue weighted by Crippen LogP contribution is -2.46. The molecule has 16 heavy (non-hydrogen) atoms. The van der Waals surface area contributed by atoms with Gasteiger partial charge in [0.15, 0.2) is 0 Å². The minimum Gasteiger partial charge on any atom is -0.307 e. The highest BCUT2D eigenvalue weighted by Gasteiger charge is 2.27. The molecule has 1 aliphatic rings. The first kappa shape index (κ1) is 13.8. The second-order valence-electron chi connectivity index (χ2n) is 4.69. The van der Waals surface area contributed by atoms with Crippen molar-refractivity contribution in [1.29, 1.82) is 0 Å². The number of rotatable bonds is 4. The Kier molecular flexibility index (Phi) is 5.05. The third kappa shape index (κ3) is 4.70. The molecule has 1 N–H and O–H groups in total. The Bertz CT molecular complexity index is 206. The molecule has 0 aromatic carbocycles. The molecule has 0 bridgehead atoms. The minimum absolute atomic E-state index is 0.413. The number of likely N-dealkylation sites (tertiary alicyclic amines) is 1. The normalized spacial score (nSPS) is 28.3. The molecule has 5 heteroatoms. The molecule has 2 nitrogen and oxygen atoms in total. The van der Waals surface area contributed by atoms with E-state index in [0.717, 1.165) is 13.0 Å². The largest absolute Gasteiger partial charge is 0.401 e. The zero-order valence-electron chi connectivity index (χ0n) is 9.98. The third-order valence-corrected chi connectivity index (χ3v) is 3.41. The second-order valence-corrected chi connectivity index (χ2v) is 4.69. The lowest BCUT2D eigenvalue weighted by atomic mass is 9.92. The predicted octanol–water partition coefficient (Wildman–Crippen LogP) is 2.26. The number of nitrogens with one attached hydrogen (secondary N) is 1. The van der Waals surface area contributed by atoms with Crippen molar-refractivity contribution in [2.24, 2.45) is 5.92 Å². The van der Waals surface area contributed by atoms with Gasteiger partial charge in [0.05, 0.1) is 6.54 Å². The summed E-state index contributed by atoms with van der Waals surface area (Å²) in [5, 5.41) is 2.44. The summed E-state index contributed by atoms with van der Waals surface area (Å²) in [6.45, 7) is 5.62. The highest BCUT2D eigenvalue weighted by atomic mass is 19.4. The van der Waals surface area contributed by atoms with E-state index in [-0.39, 0.29) is 0 Å². The lowest BCUT2D eigenvalue weighted by Gasteiger charge is -2.37. The molecule has 0 aromatic rings. The van der Waals surface area contributed by atoms with Crippen LogP contribution in [0.4, 0.5) is 13.2 Å². The Morgan fingerprint density at radius 1 is 1.31 bits per heavy atom.